The number of hydrogen-bond acceptors (Lipinski definition) is 4. The molecule has 0 amide bonds. The Morgan fingerprint density at radius 2 is 0.660 bits per heavy atom. The number of benzene rings is 4. The van der Waals surface area contributed by atoms with Gasteiger partial charge < -0.3 is 20.4 Å². The van der Waals surface area contributed by atoms with Gasteiger partial charge in [0.05, 0.1) is 0 Å². The molecule has 0 unspecified atom stereocenters. The molecule has 0 saturated heterocycles. The van der Waals surface area contributed by atoms with Gasteiger partial charge >= 0.3 is 0 Å². The summed E-state index contributed by atoms with van der Waals surface area (Å²) in [5.41, 5.74) is 11.6. The first-order chi connectivity index (χ1) is 21.4. The summed E-state index contributed by atoms with van der Waals surface area (Å²) in [4.78, 5) is 0. The van der Waals surface area contributed by atoms with Crippen molar-refractivity contribution < 1.29 is 20.4 Å². The van der Waals surface area contributed by atoms with Gasteiger partial charge in [0.25, 0.3) is 0 Å². The molecule has 0 atom stereocenters. The van der Waals surface area contributed by atoms with Crippen LogP contribution in [0.3, 0.4) is 0 Å². The Hall–Kier alpha value is -3.92. The minimum Gasteiger partial charge on any atom is -0.507 e. The molecule has 0 saturated carbocycles. The predicted molar refractivity (Wildman–Crippen MR) is 198 cm³/mol. The van der Waals surface area contributed by atoms with E-state index < -0.39 is 0 Å². The first-order valence-electron chi connectivity index (χ1n) is 16.7. The average molecular weight is 639 g/mol. The maximum absolute atomic E-state index is 10.5. The summed E-state index contributed by atoms with van der Waals surface area (Å²) < 4.78 is 0. The SMILES string of the molecule is Cc1cc(C(C)(C)c2cc(C)c(O)c(C)c2)cc(C)c1O.Cc1cc(C(C)c2cc(C)c(O)c(C(C)(C)C)c2)cc(C(C)(C)C)c1O. The van der Waals surface area contributed by atoms with Gasteiger partial charge in [-0.2, -0.15) is 0 Å². The molecule has 4 nitrogen and oxygen atoms in total. The first-order valence-corrected chi connectivity index (χ1v) is 16.7. The van der Waals surface area contributed by atoms with Crippen LogP contribution in [0.4, 0.5) is 0 Å². The highest BCUT2D eigenvalue weighted by molar-refractivity contribution is 5.53. The molecule has 4 rings (SSSR count). The molecular formula is C43H58O4. The van der Waals surface area contributed by atoms with E-state index in [4.69, 9.17) is 0 Å². The normalized spacial score (nSPS) is 12.3. The van der Waals surface area contributed by atoms with E-state index in [1.54, 1.807) is 0 Å². The molecule has 0 fully saturated rings. The largest absolute Gasteiger partial charge is 0.507 e. The number of phenolic OH excluding ortho intramolecular Hbond substituents is 4. The molecule has 0 aliphatic rings. The molecule has 0 heterocycles. The van der Waals surface area contributed by atoms with Crippen LogP contribution in [0.15, 0.2) is 48.5 Å². The molecule has 0 bridgehead atoms. The summed E-state index contributed by atoms with van der Waals surface area (Å²) in [6, 6.07) is 16.6. The fourth-order valence-electron chi connectivity index (χ4n) is 6.25. The van der Waals surface area contributed by atoms with Gasteiger partial charge in [-0.25, -0.2) is 0 Å². The summed E-state index contributed by atoms with van der Waals surface area (Å²) in [7, 11) is 0. The van der Waals surface area contributed by atoms with Crippen molar-refractivity contribution in [1.82, 2.24) is 0 Å². The van der Waals surface area contributed by atoms with Crippen LogP contribution in [-0.2, 0) is 16.2 Å². The van der Waals surface area contributed by atoms with Crippen LogP contribution < -0.4 is 0 Å². The summed E-state index contributed by atoms with van der Waals surface area (Å²) in [5.74, 6) is 1.70. The fraction of sp³-hybridized carbons (Fsp3) is 0.442. The smallest absolute Gasteiger partial charge is 0.122 e. The molecule has 0 radical (unpaired) electrons. The van der Waals surface area contributed by atoms with Crippen molar-refractivity contribution in [3.63, 3.8) is 0 Å². The standard InChI is InChI=1S/C24H34O2.C19H24O2/c1-14-10-17(12-19(21(14)25)23(4,5)6)16(3)18-11-15(2)22(26)20(13-18)24(7,8)9;1-11-7-15(8-12(2)17(11)20)19(5,6)16-9-13(3)18(21)14(4)10-16/h10-13,16,25-26H,1-9H3;7-10,20-21H,1-6H3. The number of hydrogen-bond donors (Lipinski definition) is 4. The van der Waals surface area contributed by atoms with Gasteiger partial charge in [-0.05, 0) is 119 Å². The minimum absolute atomic E-state index is 0.119. The van der Waals surface area contributed by atoms with Gasteiger partial charge in [-0.3, -0.25) is 0 Å². The molecule has 0 spiro atoms. The number of aromatic hydroxyl groups is 4. The van der Waals surface area contributed by atoms with Gasteiger partial charge in [-0.15, -0.1) is 0 Å². The Morgan fingerprint density at radius 3 is 0.915 bits per heavy atom. The molecule has 254 valence electrons. The van der Waals surface area contributed by atoms with E-state index in [0.29, 0.717) is 23.0 Å². The van der Waals surface area contributed by atoms with Crippen LogP contribution in [0.25, 0.3) is 0 Å². The molecule has 0 aliphatic carbocycles. The van der Waals surface area contributed by atoms with Crippen LogP contribution in [0, 0.1) is 41.5 Å². The van der Waals surface area contributed by atoms with Gasteiger partial charge in [0.15, 0.2) is 0 Å². The van der Waals surface area contributed by atoms with Crippen LogP contribution >= 0.6 is 0 Å². The molecule has 4 aromatic rings. The number of aryl methyl sites for hydroxylation is 6. The van der Waals surface area contributed by atoms with Crippen molar-refractivity contribution >= 4 is 0 Å². The van der Waals surface area contributed by atoms with E-state index in [0.717, 1.165) is 44.5 Å². The highest BCUT2D eigenvalue weighted by atomic mass is 16.3. The van der Waals surface area contributed by atoms with Crippen molar-refractivity contribution in [2.75, 3.05) is 0 Å². The molecule has 4 aromatic carbocycles. The maximum Gasteiger partial charge on any atom is 0.122 e. The number of phenols is 4. The van der Waals surface area contributed by atoms with Crippen LogP contribution in [-0.4, -0.2) is 20.4 Å². The second-order valence-corrected chi connectivity index (χ2v) is 16.2. The zero-order chi connectivity index (χ0) is 36.0. The zero-order valence-corrected chi connectivity index (χ0v) is 31.5. The van der Waals surface area contributed by atoms with Gasteiger partial charge in [-0.1, -0.05) is 111 Å². The molecule has 4 heteroatoms. The fourth-order valence-corrected chi connectivity index (χ4v) is 6.25. The van der Waals surface area contributed by atoms with E-state index in [-0.39, 0.29) is 22.2 Å². The lowest BCUT2D eigenvalue weighted by Gasteiger charge is -2.28. The van der Waals surface area contributed by atoms with Crippen LogP contribution in [0.2, 0.25) is 0 Å². The van der Waals surface area contributed by atoms with Gasteiger partial charge in [0.2, 0.25) is 0 Å². The summed E-state index contributed by atoms with van der Waals surface area (Å²) >= 11 is 0. The molecule has 47 heavy (non-hydrogen) atoms. The quantitative estimate of drug-likeness (QED) is 0.179. The third-order valence-electron chi connectivity index (χ3n) is 9.69. The van der Waals surface area contributed by atoms with Crippen LogP contribution in [0.1, 0.15) is 135 Å². The summed E-state index contributed by atoms with van der Waals surface area (Å²) in [6.07, 6.45) is 0. The lowest BCUT2D eigenvalue weighted by Crippen LogP contribution is -2.19. The minimum atomic E-state index is -0.188. The highest BCUT2D eigenvalue weighted by Gasteiger charge is 2.27. The predicted octanol–water partition coefficient (Wildman–Crippen LogP) is 11.1. The highest BCUT2D eigenvalue weighted by Crippen LogP contribution is 2.41. The van der Waals surface area contributed by atoms with Gasteiger partial charge in [0.1, 0.15) is 23.0 Å². The van der Waals surface area contributed by atoms with Crippen molar-refractivity contribution in [1.29, 1.82) is 0 Å². The lowest BCUT2D eigenvalue weighted by molar-refractivity contribution is 0.442. The first kappa shape index (κ1) is 37.5. The second kappa shape index (κ2) is 13.3. The van der Waals surface area contributed by atoms with E-state index in [1.165, 1.54) is 22.3 Å². The monoisotopic (exact) mass is 638 g/mol. The Kier molecular flexibility index (Phi) is 10.6. The Balaban J connectivity index is 0.000000261. The summed E-state index contributed by atoms with van der Waals surface area (Å²) in [6.45, 7) is 30.9. The Bertz CT molecular complexity index is 1600. The van der Waals surface area contributed by atoms with E-state index in [9.17, 15) is 20.4 Å². The number of rotatable bonds is 4. The average Bonchev–Trinajstić information content (AvgIpc) is 2.95. The van der Waals surface area contributed by atoms with Crippen molar-refractivity contribution in [3.8, 4) is 23.0 Å². The van der Waals surface area contributed by atoms with Crippen LogP contribution in [0.5, 0.6) is 23.0 Å². The van der Waals surface area contributed by atoms with E-state index in [2.05, 4.69) is 86.6 Å². The molecule has 4 N–H and O–H groups in total. The van der Waals surface area contributed by atoms with Crippen molar-refractivity contribution in [2.45, 2.75) is 126 Å². The molecule has 0 aliphatic heterocycles. The van der Waals surface area contributed by atoms with Gasteiger partial charge in [0, 0.05) is 11.3 Å². The van der Waals surface area contributed by atoms with E-state index in [1.807, 2.05) is 65.8 Å². The third-order valence-corrected chi connectivity index (χ3v) is 9.69. The van der Waals surface area contributed by atoms with Crippen molar-refractivity contribution in [3.05, 3.63) is 115 Å². The Morgan fingerprint density at radius 1 is 0.404 bits per heavy atom. The zero-order valence-electron chi connectivity index (χ0n) is 31.5. The maximum atomic E-state index is 10.5. The molecule has 0 aromatic heterocycles. The molecular weight excluding hydrogens is 580 g/mol. The topological polar surface area (TPSA) is 80.9 Å². The summed E-state index contributed by atoms with van der Waals surface area (Å²) in [5, 5.41) is 40.9. The Labute approximate surface area is 284 Å². The lowest BCUT2D eigenvalue weighted by atomic mass is 9.76. The third kappa shape index (κ3) is 7.97. The second-order valence-electron chi connectivity index (χ2n) is 16.2. The van der Waals surface area contributed by atoms with E-state index >= 15 is 0 Å². The van der Waals surface area contributed by atoms with Crippen molar-refractivity contribution in [2.24, 2.45) is 0 Å².